The second-order valence-electron chi connectivity index (χ2n) is 21.2. The van der Waals surface area contributed by atoms with Crippen LogP contribution in [0.15, 0.2) is 97.2 Å². The summed E-state index contributed by atoms with van der Waals surface area (Å²) in [6.07, 6.45) is 73.9. The van der Waals surface area contributed by atoms with Gasteiger partial charge in [-0.05, 0) is 83.5 Å². The van der Waals surface area contributed by atoms with Gasteiger partial charge in [-0.1, -0.05) is 272 Å². The van der Waals surface area contributed by atoms with E-state index < -0.39 is 57.8 Å². The third-order valence-electron chi connectivity index (χ3n) is 13.5. The second kappa shape index (κ2) is 61.5. The van der Waals surface area contributed by atoms with Crippen molar-refractivity contribution in [2.24, 2.45) is 0 Å². The number of ether oxygens (including phenoxy) is 3. The summed E-state index contributed by atoms with van der Waals surface area (Å²) in [6, 6.07) is 0. The number of phosphoric ester groups is 1. The van der Waals surface area contributed by atoms with E-state index in [1.165, 1.54) is 122 Å². The molecule has 0 heterocycles. The molecule has 12 heteroatoms. The number of aliphatic hydroxyl groups is 1. The van der Waals surface area contributed by atoms with Crippen LogP contribution in [0.3, 0.4) is 0 Å². The molecule has 3 unspecified atom stereocenters. The summed E-state index contributed by atoms with van der Waals surface area (Å²) in [6.45, 7) is 4.42. The lowest BCUT2D eigenvalue weighted by Gasteiger charge is -2.21. The number of hydrogen-bond acceptors (Lipinski definition) is 10. The Balaban J connectivity index is 4.79. The Morgan fingerprint density at radius 1 is 0.375 bits per heavy atom. The van der Waals surface area contributed by atoms with Crippen molar-refractivity contribution in [3.8, 4) is 0 Å². The summed E-state index contributed by atoms with van der Waals surface area (Å²) >= 11 is 0. The lowest BCUT2D eigenvalue weighted by molar-refractivity contribution is -0.161. The molecule has 0 rings (SSSR count). The number of carbonyl (C=O) groups is 3. The first-order valence-corrected chi connectivity index (χ1v) is 33.6. The predicted octanol–water partition coefficient (Wildman–Crippen LogP) is 19.6. The van der Waals surface area contributed by atoms with Crippen molar-refractivity contribution in [2.45, 2.75) is 290 Å². The van der Waals surface area contributed by atoms with Crippen LogP contribution in [-0.4, -0.2) is 66.5 Å². The van der Waals surface area contributed by atoms with Gasteiger partial charge in [0, 0.05) is 12.8 Å². The molecule has 0 aromatic carbocycles. The van der Waals surface area contributed by atoms with Gasteiger partial charge in [-0.15, -0.1) is 0 Å². The zero-order valence-corrected chi connectivity index (χ0v) is 51.9. The van der Waals surface area contributed by atoms with Crippen molar-refractivity contribution < 1.29 is 52.2 Å². The number of esters is 3. The molecule has 0 amide bonds. The molecule has 0 bridgehead atoms. The first-order valence-electron chi connectivity index (χ1n) is 32.1. The summed E-state index contributed by atoms with van der Waals surface area (Å²) in [5.41, 5.74) is 0. The highest BCUT2D eigenvalue weighted by molar-refractivity contribution is 7.47. The Morgan fingerprint density at radius 2 is 0.700 bits per heavy atom. The highest BCUT2D eigenvalue weighted by Gasteiger charge is 2.28. The van der Waals surface area contributed by atoms with Crippen molar-refractivity contribution >= 4 is 25.7 Å². The molecule has 0 aromatic rings. The molecular weight excluding hydrogens is 1020 g/mol. The average Bonchev–Trinajstić information content (AvgIpc) is 3.45. The Bertz CT molecular complexity index is 1710. The number of aliphatic hydroxyl groups excluding tert-OH is 1. The molecule has 0 aliphatic rings. The highest BCUT2D eigenvalue weighted by Crippen LogP contribution is 2.43. The van der Waals surface area contributed by atoms with Crippen molar-refractivity contribution in [3.05, 3.63) is 97.2 Å². The van der Waals surface area contributed by atoms with Crippen LogP contribution >= 0.6 is 7.82 Å². The van der Waals surface area contributed by atoms with Gasteiger partial charge in [-0.3, -0.25) is 23.4 Å². The first kappa shape index (κ1) is 76.4. The van der Waals surface area contributed by atoms with Crippen LogP contribution < -0.4 is 0 Å². The molecule has 11 nitrogen and oxygen atoms in total. The largest absolute Gasteiger partial charge is 0.472 e. The Labute approximate surface area is 489 Å². The van der Waals surface area contributed by atoms with Gasteiger partial charge in [0.05, 0.1) is 26.2 Å². The van der Waals surface area contributed by atoms with Gasteiger partial charge in [0.2, 0.25) is 0 Å². The van der Waals surface area contributed by atoms with E-state index in [0.29, 0.717) is 19.3 Å². The van der Waals surface area contributed by atoms with Gasteiger partial charge in [-0.2, -0.15) is 0 Å². The summed E-state index contributed by atoms with van der Waals surface area (Å²) in [7, 11) is -4.78. The summed E-state index contributed by atoms with van der Waals surface area (Å²) < 4.78 is 39.5. The van der Waals surface area contributed by atoms with E-state index in [-0.39, 0.29) is 25.9 Å². The zero-order valence-electron chi connectivity index (χ0n) is 51.0. The number of phosphoric acid groups is 1. The van der Waals surface area contributed by atoms with E-state index in [4.69, 9.17) is 23.3 Å². The van der Waals surface area contributed by atoms with Gasteiger partial charge in [0.25, 0.3) is 0 Å². The lowest BCUT2D eigenvalue weighted by Crippen LogP contribution is -2.30. The molecule has 2 N–H and O–H groups in total. The van der Waals surface area contributed by atoms with Crippen LogP contribution in [0.25, 0.3) is 0 Å². The van der Waals surface area contributed by atoms with E-state index >= 15 is 0 Å². The fourth-order valence-corrected chi connectivity index (χ4v) is 9.46. The SMILES string of the molecule is CC/C=C\C/C=C\C/C=C\C/C=C\C/C=C\CC(=O)OC(CO)COP(=O)(O)OCC(COC(=O)CCCCCCCCCCCCCCCCCCCCC)OC(=O)CCCCCCCC/C=C\C/C=C\C/C=C\CCCCC. The molecule has 0 saturated carbocycles. The topological polar surface area (TPSA) is 155 Å². The molecule has 0 aliphatic heterocycles. The summed E-state index contributed by atoms with van der Waals surface area (Å²) in [5.74, 6) is -1.61. The first-order chi connectivity index (χ1) is 39.2. The minimum Gasteiger partial charge on any atom is -0.462 e. The molecule has 0 radical (unpaired) electrons. The normalized spacial score (nSPS) is 13.9. The number of carbonyl (C=O) groups excluding carboxylic acids is 3. The van der Waals surface area contributed by atoms with Gasteiger partial charge in [-0.25, -0.2) is 4.57 Å². The molecule has 0 fully saturated rings. The van der Waals surface area contributed by atoms with Crippen LogP contribution in [0.2, 0.25) is 0 Å². The Morgan fingerprint density at radius 3 is 1.12 bits per heavy atom. The van der Waals surface area contributed by atoms with Crippen molar-refractivity contribution in [3.63, 3.8) is 0 Å². The van der Waals surface area contributed by atoms with Gasteiger partial charge < -0.3 is 24.2 Å². The maximum Gasteiger partial charge on any atom is 0.472 e. The van der Waals surface area contributed by atoms with Crippen LogP contribution in [0.5, 0.6) is 0 Å². The fourth-order valence-electron chi connectivity index (χ4n) is 8.68. The predicted molar refractivity (Wildman–Crippen MR) is 334 cm³/mol. The average molecular weight is 1140 g/mol. The van der Waals surface area contributed by atoms with Crippen LogP contribution in [0, 0.1) is 0 Å². The smallest absolute Gasteiger partial charge is 0.462 e. The summed E-state index contributed by atoms with van der Waals surface area (Å²) in [5, 5.41) is 9.82. The van der Waals surface area contributed by atoms with Crippen LogP contribution in [-0.2, 0) is 42.2 Å². The number of allylic oxidation sites excluding steroid dienone is 15. The maximum atomic E-state index is 13.0. The molecular formula is C68H117O11P. The van der Waals surface area contributed by atoms with E-state index in [1.807, 2.05) is 18.2 Å². The second-order valence-corrected chi connectivity index (χ2v) is 22.7. The molecule has 0 aliphatic carbocycles. The Hall–Kier alpha value is -3.60. The van der Waals surface area contributed by atoms with Crippen molar-refractivity contribution in [1.29, 1.82) is 0 Å². The fraction of sp³-hybridized carbons (Fsp3) is 0.721. The standard InChI is InChI=1S/C68H117O11P/c1-4-7-10-13-16-19-22-25-28-30-32-34-37-39-42-45-48-51-54-57-66(70)75-61-65(79-68(72)59-56-53-50-47-44-41-38-35-33-31-29-26-23-20-17-14-11-8-5-2)63-77-80(73,74)76-62-64(60-69)78-67(71)58-55-52-49-46-43-40-36-27-24-21-18-15-12-9-6-3/h9,12,17-18,20-21,26-27,29,33,35-36,43,46,52,55,64-65,69H,4-8,10-11,13-16,19,22-25,28,30-32,34,37-42,44-45,47-51,53-54,56-63H2,1-3H3,(H,73,74)/b12-9-,20-17-,21-18-,29-26-,35-33-,36-27-,46-43-,55-52-. The van der Waals surface area contributed by atoms with E-state index in [0.717, 1.165) is 96.3 Å². The molecule has 0 saturated heterocycles. The minimum atomic E-state index is -4.78. The van der Waals surface area contributed by atoms with Gasteiger partial charge in [0.1, 0.15) is 12.7 Å². The molecule has 3 atom stereocenters. The van der Waals surface area contributed by atoms with E-state index in [2.05, 4.69) is 93.7 Å². The van der Waals surface area contributed by atoms with E-state index in [9.17, 15) is 28.9 Å². The van der Waals surface area contributed by atoms with Crippen LogP contribution in [0.4, 0.5) is 0 Å². The monoisotopic (exact) mass is 1140 g/mol. The van der Waals surface area contributed by atoms with Gasteiger partial charge in [0.15, 0.2) is 6.10 Å². The van der Waals surface area contributed by atoms with Crippen LogP contribution in [0.1, 0.15) is 278 Å². The van der Waals surface area contributed by atoms with Crippen molar-refractivity contribution in [1.82, 2.24) is 0 Å². The zero-order chi connectivity index (χ0) is 58.3. The highest BCUT2D eigenvalue weighted by atomic mass is 31.2. The van der Waals surface area contributed by atoms with Gasteiger partial charge >= 0.3 is 25.7 Å². The van der Waals surface area contributed by atoms with E-state index in [1.54, 1.807) is 6.08 Å². The molecule has 0 aromatic heterocycles. The third-order valence-corrected chi connectivity index (χ3v) is 14.5. The maximum absolute atomic E-state index is 13.0. The minimum absolute atomic E-state index is 0.0586. The quantitative estimate of drug-likeness (QED) is 0.0197. The third kappa shape index (κ3) is 59.0. The lowest BCUT2D eigenvalue weighted by atomic mass is 10.0. The molecule has 80 heavy (non-hydrogen) atoms. The Kier molecular flexibility index (Phi) is 58.7. The number of hydrogen-bond donors (Lipinski definition) is 2. The number of rotatable bonds is 59. The molecule has 0 spiro atoms. The summed E-state index contributed by atoms with van der Waals surface area (Å²) in [4.78, 5) is 48.7. The molecule has 460 valence electrons. The van der Waals surface area contributed by atoms with Crippen molar-refractivity contribution in [2.75, 3.05) is 26.4 Å². The number of unbranched alkanes of at least 4 members (excludes halogenated alkanes) is 27.